The van der Waals surface area contributed by atoms with Crippen LogP contribution in [0.3, 0.4) is 0 Å². The first kappa shape index (κ1) is 11.8. The molecule has 0 radical (unpaired) electrons. The number of rotatable bonds is 4. The van der Waals surface area contributed by atoms with Gasteiger partial charge in [-0.1, -0.05) is 17.7 Å². The van der Waals surface area contributed by atoms with E-state index in [1.54, 1.807) is 24.1 Å². The summed E-state index contributed by atoms with van der Waals surface area (Å²) in [4.78, 5) is 12.5. The fourth-order valence-electron chi connectivity index (χ4n) is 1.38. The molecular weight excluding hydrogens is 214 g/mol. The molecule has 1 amide bonds. The number of primary amides is 1. The van der Waals surface area contributed by atoms with Crippen LogP contribution in [0.5, 0.6) is 0 Å². The number of halogens is 1. The lowest BCUT2D eigenvalue weighted by Crippen LogP contribution is -2.31. The lowest BCUT2D eigenvalue weighted by molar-refractivity contribution is -0.116. The standard InChI is InChI=1S/C10H14ClN3O/c1-14(6-10(13)15)9-4-8(11)3-2-7(9)5-12/h2-4H,5-6,12H2,1H3,(H2,13,15). The smallest absolute Gasteiger partial charge is 0.236 e. The van der Waals surface area contributed by atoms with Crippen molar-refractivity contribution < 1.29 is 4.79 Å². The Morgan fingerprint density at radius 3 is 2.73 bits per heavy atom. The van der Waals surface area contributed by atoms with Crippen molar-refractivity contribution >= 4 is 23.2 Å². The molecule has 0 spiro atoms. The second kappa shape index (κ2) is 5.00. The summed E-state index contributed by atoms with van der Waals surface area (Å²) in [5, 5.41) is 0.610. The van der Waals surface area contributed by atoms with Crippen molar-refractivity contribution in [1.82, 2.24) is 0 Å². The maximum Gasteiger partial charge on any atom is 0.236 e. The third-order valence-electron chi connectivity index (χ3n) is 2.07. The molecule has 15 heavy (non-hydrogen) atoms. The van der Waals surface area contributed by atoms with Gasteiger partial charge in [-0.05, 0) is 17.7 Å². The Morgan fingerprint density at radius 2 is 2.20 bits per heavy atom. The Bertz CT molecular complexity index is 368. The van der Waals surface area contributed by atoms with Crippen LogP contribution >= 0.6 is 11.6 Å². The summed E-state index contributed by atoms with van der Waals surface area (Å²) in [6.45, 7) is 0.545. The molecule has 0 saturated carbocycles. The van der Waals surface area contributed by atoms with Gasteiger partial charge in [0.2, 0.25) is 5.91 Å². The summed E-state index contributed by atoms with van der Waals surface area (Å²) in [7, 11) is 1.77. The normalized spacial score (nSPS) is 10.1. The molecule has 1 aromatic carbocycles. The molecule has 4 N–H and O–H groups in total. The van der Waals surface area contributed by atoms with Gasteiger partial charge in [-0.2, -0.15) is 0 Å². The van der Waals surface area contributed by atoms with Crippen LogP contribution in [0.1, 0.15) is 5.56 Å². The minimum atomic E-state index is -0.388. The van der Waals surface area contributed by atoms with E-state index >= 15 is 0 Å². The molecule has 1 rings (SSSR count). The molecule has 0 atom stereocenters. The van der Waals surface area contributed by atoms with Gasteiger partial charge >= 0.3 is 0 Å². The molecule has 0 aromatic heterocycles. The number of hydrogen-bond donors (Lipinski definition) is 2. The molecule has 0 aliphatic heterocycles. The van der Waals surface area contributed by atoms with E-state index < -0.39 is 0 Å². The summed E-state index contributed by atoms with van der Waals surface area (Å²) in [6.07, 6.45) is 0. The van der Waals surface area contributed by atoms with Gasteiger partial charge in [0.1, 0.15) is 0 Å². The average molecular weight is 228 g/mol. The summed E-state index contributed by atoms with van der Waals surface area (Å²) in [6, 6.07) is 5.38. The van der Waals surface area contributed by atoms with Crippen molar-refractivity contribution in [2.24, 2.45) is 11.5 Å². The summed E-state index contributed by atoms with van der Waals surface area (Å²) < 4.78 is 0. The number of hydrogen-bond acceptors (Lipinski definition) is 3. The molecule has 0 saturated heterocycles. The van der Waals surface area contributed by atoms with Gasteiger partial charge in [-0.25, -0.2) is 0 Å². The van der Waals surface area contributed by atoms with Crippen LogP contribution in [-0.2, 0) is 11.3 Å². The van der Waals surface area contributed by atoms with Crippen LogP contribution in [-0.4, -0.2) is 19.5 Å². The number of amides is 1. The fourth-order valence-corrected chi connectivity index (χ4v) is 1.55. The molecule has 4 nitrogen and oxygen atoms in total. The maximum atomic E-state index is 10.8. The van der Waals surface area contributed by atoms with Crippen molar-refractivity contribution in [1.29, 1.82) is 0 Å². The molecule has 0 fully saturated rings. The Morgan fingerprint density at radius 1 is 1.53 bits per heavy atom. The Labute approximate surface area is 93.8 Å². The Hall–Kier alpha value is -1.26. The van der Waals surface area contributed by atoms with E-state index in [4.69, 9.17) is 23.1 Å². The van der Waals surface area contributed by atoms with Crippen molar-refractivity contribution in [3.8, 4) is 0 Å². The number of benzene rings is 1. The van der Waals surface area contributed by atoms with Crippen LogP contribution in [0.25, 0.3) is 0 Å². The first-order valence-electron chi connectivity index (χ1n) is 4.52. The van der Waals surface area contributed by atoms with Crippen LogP contribution in [0.2, 0.25) is 5.02 Å². The molecule has 0 aliphatic rings. The van der Waals surface area contributed by atoms with E-state index in [1.165, 1.54) is 0 Å². The van der Waals surface area contributed by atoms with Gasteiger partial charge < -0.3 is 16.4 Å². The van der Waals surface area contributed by atoms with E-state index in [-0.39, 0.29) is 12.5 Å². The van der Waals surface area contributed by atoms with Gasteiger partial charge in [0, 0.05) is 24.3 Å². The SMILES string of the molecule is CN(CC(N)=O)c1cc(Cl)ccc1CN. The maximum absolute atomic E-state index is 10.8. The molecular formula is C10H14ClN3O. The van der Waals surface area contributed by atoms with E-state index in [0.717, 1.165) is 11.3 Å². The summed E-state index contributed by atoms with van der Waals surface area (Å²) in [5.41, 5.74) is 12.5. The predicted octanol–water partition coefficient (Wildman–Crippen LogP) is 0.720. The minimum absolute atomic E-state index is 0.146. The Kier molecular flexibility index (Phi) is 3.94. The molecule has 0 aliphatic carbocycles. The Balaban J connectivity index is 2.99. The third-order valence-corrected chi connectivity index (χ3v) is 2.31. The van der Waals surface area contributed by atoms with Gasteiger partial charge in [0.05, 0.1) is 6.54 Å². The average Bonchev–Trinajstić information content (AvgIpc) is 2.16. The molecule has 0 heterocycles. The zero-order valence-electron chi connectivity index (χ0n) is 8.53. The van der Waals surface area contributed by atoms with Crippen LogP contribution in [0, 0.1) is 0 Å². The number of carbonyl (C=O) groups is 1. The largest absolute Gasteiger partial charge is 0.368 e. The van der Waals surface area contributed by atoms with Gasteiger partial charge in [0.25, 0.3) is 0 Å². The first-order chi connectivity index (χ1) is 7.04. The second-order valence-corrected chi connectivity index (χ2v) is 3.74. The van der Waals surface area contributed by atoms with Gasteiger partial charge in [-0.15, -0.1) is 0 Å². The van der Waals surface area contributed by atoms with Gasteiger partial charge in [0.15, 0.2) is 0 Å². The van der Waals surface area contributed by atoms with E-state index in [2.05, 4.69) is 0 Å². The minimum Gasteiger partial charge on any atom is -0.368 e. The third kappa shape index (κ3) is 3.11. The number of nitrogens with two attached hydrogens (primary N) is 2. The van der Waals surface area contributed by atoms with Crippen molar-refractivity contribution in [3.05, 3.63) is 28.8 Å². The highest BCUT2D eigenvalue weighted by atomic mass is 35.5. The summed E-state index contributed by atoms with van der Waals surface area (Å²) >= 11 is 5.87. The van der Waals surface area contributed by atoms with Crippen LogP contribution < -0.4 is 16.4 Å². The molecule has 5 heteroatoms. The highest BCUT2D eigenvalue weighted by molar-refractivity contribution is 6.30. The zero-order valence-corrected chi connectivity index (χ0v) is 9.29. The summed E-state index contributed by atoms with van der Waals surface area (Å²) in [5.74, 6) is -0.388. The predicted molar refractivity (Wildman–Crippen MR) is 61.8 cm³/mol. The van der Waals surface area contributed by atoms with Gasteiger partial charge in [-0.3, -0.25) is 4.79 Å². The number of carbonyl (C=O) groups excluding carboxylic acids is 1. The zero-order chi connectivity index (χ0) is 11.4. The molecule has 82 valence electrons. The monoisotopic (exact) mass is 227 g/mol. The molecule has 0 bridgehead atoms. The quantitative estimate of drug-likeness (QED) is 0.796. The fraction of sp³-hybridized carbons (Fsp3) is 0.300. The highest BCUT2D eigenvalue weighted by Gasteiger charge is 2.09. The lowest BCUT2D eigenvalue weighted by atomic mass is 10.1. The van der Waals surface area contributed by atoms with E-state index in [9.17, 15) is 4.79 Å². The van der Waals surface area contributed by atoms with Crippen molar-refractivity contribution in [3.63, 3.8) is 0 Å². The first-order valence-corrected chi connectivity index (χ1v) is 4.90. The molecule has 1 aromatic rings. The van der Waals surface area contributed by atoms with Crippen LogP contribution in [0.4, 0.5) is 5.69 Å². The lowest BCUT2D eigenvalue weighted by Gasteiger charge is -2.20. The topological polar surface area (TPSA) is 72.3 Å². The number of likely N-dealkylation sites (N-methyl/N-ethyl adjacent to an activating group) is 1. The second-order valence-electron chi connectivity index (χ2n) is 3.30. The van der Waals surface area contributed by atoms with Crippen molar-refractivity contribution in [2.75, 3.05) is 18.5 Å². The number of anilines is 1. The van der Waals surface area contributed by atoms with Crippen LogP contribution in [0.15, 0.2) is 18.2 Å². The number of nitrogens with zero attached hydrogens (tertiary/aromatic N) is 1. The van der Waals surface area contributed by atoms with E-state index in [1.807, 2.05) is 6.07 Å². The highest BCUT2D eigenvalue weighted by Crippen LogP contribution is 2.23. The van der Waals surface area contributed by atoms with Crippen molar-refractivity contribution in [2.45, 2.75) is 6.54 Å². The van der Waals surface area contributed by atoms with E-state index in [0.29, 0.717) is 11.6 Å². The molecule has 0 unspecified atom stereocenters.